The van der Waals surface area contributed by atoms with Crippen molar-refractivity contribution in [3.63, 3.8) is 0 Å². The molecule has 0 N–H and O–H groups in total. The van der Waals surface area contributed by atoms with Crippen molar-refractivity contribution in [1.82, 2.24) is 4.98 Å². The molecule has 24 heavy (non-hydrogen) atoms. The van der Waals surface area contributed by atoms with Crippen LogP contribution in [-0.4, -0.2) is 17.0 Å². The zero-order valence-corrected chi connectivity index (χ0v) is 12.7. The van der Waals surface area contributed by atoms with Crippen LogP contribution < -0.4 is 9.64 Å². The molecule has 3 rings (SSSR count). The molecule has 5 nitrogen and oxygen atoms in total. The minimum atomic E-state index is -0.811. The van der Waals surface area contributed by atoms with Crippen LogP contribution >= 0.6 is 0 Å². The summed E-state index contributed by atoms with van der Waals surface area (Å²) in [5.41, 5.74) is 0.369. The van der Waals surface area contributed by atoms with Gasteiger partial charge in [0.2, 0.25) is 0 Å². The molecule has 118 valence electrons. The third kappa shape index (κ3) is 3.47. The van der Waals surface area contributed by atoms with E-state index >= 15 is 0 Å². The predicted molar refractivity (Wildman–Crippen MR) is 90.0 cm³/mol. The molecule has 5 heteroatoms. The van der Waals surface area contributed by atoms with Crippen molar-refractivity contribution in [2.24, 2.45) is 0 Å². The Hall–Kier alpha value is -3.47. The molecule has 3 aromatic rings. The Morgan fingerprint density at radius 2 is 1.42 bits per heavy atom. The fourth-order valence-corrected chi connectivity index (χ4v) is 2.11. The van der Waals surface area contributed by atoms with E-state index < -0.39 is 12.0 Å². The summed E-state index contributed by atoms with van der Waals surface area (Å²) in [6, 6.07) is 22.1. The number of hydrogen-bond acceptors (Lipinski definition) is 4. The smallest absolute Gasteiger partial charge is 0.410 e. The second-order valence-corrected chi connectivity index (χ2v) is 4.88. The van der Waals surface area contributed by atoms with Crippen LogP contribution in [0, 0.1) is 0 Å². The first-order chi connectivity index (χ1) is 11.8. The Bertz CT molecular complexity index is 821. The number of ether oxygens (including phenoxy) is 1. The Morgan fingerprint density at radius 3 is 2.04 bits per heavy atom. The average Bonchev–Trinajstić information content (AvgIpc) is 2.64. The SMILES string of the molecule is O=C(Oc1ccccc1)N(C(=O)c1ccccc1)c1ccccn1. The van der Waals surface area contributed by atoms with Gasteiger partial charge in [0.05, 0.1) is 0 Å². The molecule has 0 spiro atoms. The second kappa shape index (κ2) is 7.19. The number of rotatable bonds is 3. The Kier molecular flexibility index (Phi) is 4.62. The number of carbonyl (C=O) groups excluding carboxylic acids is 2. The van der Waals surface area contributed by atoms with Gasteiger partial charge in [0, 0.05) is 11.8 Å². The summed E-state index contributed by atoms with van der Waals surface area (Å²) in [4.78, 5) is 30.3. The van der Waals surface area contributed by atoms with E-state index in [-0.39, 0.29) is 5.82 Å². The van der Waals surface area contributed by atoms with Crippen molar-refractivity contribution in [3.8, 4) is 5.75 Å². The van der Waals surface area contributed by atoms with E-state index in [0.29, 0.717) is 11.3 Å². The zero-order valence-electron chi connectivity index (χ0n) is 12.7. The van der Waals surface area contributed by atoms with Crippen LogP contribution in [0.1, 0.15) is 10.4 Å². The number of benzene rings is 2. The quantitative estimate of drug-likeness (QED) is 0.734. The van der Waals surface area contributed by atoms with Crippen molar-refractivity contribution in [3.05, 3.63) is 90.6 Å². The van der Waals surface area contributed by atoms with E-state index in [0.717, 1.165) is 4.90 Å². The summed E-state index contributed by atoms with van der Waals surface area (Å²) in [7, 11) is 0. The van der Waals surface area contributed by atoms with Crippen LogP contribution in [-0.2, 0) is 0 Å². The molecule has 0 saturated heterocycles. The molecular weight excluding hydrogens is 304 g/mol. The molecule has 2 aromatic carbocycles. The maximum absolute atomic E-state index is 12.8. The van der Waals surface area contributed by atoms with Gasteiger partial charge in [0.1, 0.15) is 11.6 Å². The van der Waals surface area contributed by atoms with Gasteiger partial charge in [-0.2, -0.15) is 4.90 Å². The van der Waals surface area contributed by atoms with Crippen LogP contribution in [0.25, 0.3) is 0 Å². The minimum Gasteiger partial charge on any atom is -0.410 e. The first kappa shape index (κ1) is 15.4. The highest BCUT2D eigenvalue weighted by atomic mass is 16.6. The van der Waals surface area contributed by atoms with Crippen molar-refractivity contribution in [1.29, 1.82) is 0 Å². The largest absolute Gasteiger partial charge is 0.428 e. The molecule has 2 amide bonds. The highest BCUT2D eigenvalue weighted by molar-refractivity contribution is 6.19. The lowest BCUT2D eigenvalue weighted by atomic mass is 10.2. The first-order valence-corrected chi connectivity index (χ1v) is 7.33. The monoisotopic (exact) mass is 318 g/mol. The molecular formula is C19H14N2O3. The lowest BCUT2D eigenvalue weighted by Gasteiger charge is -2.19. The summed E-state index contributed by atoms with van der Waals surface area (Å²) in [6.07, 6.45) is 0.699. The van der Waals surface area contributed by atoms with Crippen molar-refractivity contribution < 1.29 is 14.3 Å². The summed E-state index contributed by atoms with van der Waals surface area (Å²) < 4.78 is 5.30. The molecule has 0 aliphatic rings. The van der Waals surface area contributed by atoms with E-state index in [2.05, 4.69) is 4.98 Å². The number of pyridine rings is 1. The predicted octanol–water partition coefficient (Wildman–Crippen LogP) is 3.93. The van der Waals surface area contributed by atoms with Gasteiger partial charge in [0.15, 0.2) is 0 Å². The Balaban J connectivity index is 1.93. The van der Waals surface area contributed by atoms with Gasteiger partial charge in [0.25, 0.3) is 5.91 Å². The van der Waals surface area contributed by atoms with Gasteiger partial charge in [-0.15, -0.1) is 0 Å². The third-order valence-electron chi connectivity index (χ3n) is 3.23. The number of para-hydroxylation sites is 1. The number of imide groups is 1. The van der Waals surface area contributed by atoms with Crippen LogP contribution in [0.5, 0.6) is 5.75 Å². The maximum Gasteiger partial charge on any atom is 0.428 e. The summed E-state index contributed by atoms with van der Waals surface area (Å²) in [5, 5.41) is 0. The highest BCUT2D eigenvalue weighted by Gasteiger charge is 2.27. The van der Waals surface area contributed by atoms with Crippen molar-refractivity contribution in [2.75, 3.05) is 4.90 Å². The van der Waals surface area contributed by atoms with Crippen LogP contribution in [0.3, 0.4) is 0 Å². The van der Waals surface area contributed by atoms with E-state index in [1.165, 1.54) is 6.20 Å². The number of anilines is 1. The Labute approximate surface area is 139 Å². The molecule has 0 fully saturated rings. The van der Waals surface area contributed by atoms with E-state index in [1.54, 1.807) is 72.8 Å². The topological polar surface area (TPSA) is 59.5 Å². The fraction of sp³-hybridized carbons (Fsp3) is 0. The fourth-order valence-electron chi connectivity index (χ4n) is 2.11. The summed E-state index contributed by atoms with van der Waals surface area (Å²) in [5.74, 6) is 0.0480. The van der Waals surface area contributed by atoms with Gasteiger partial charge in [-0.05, 0) is 36.4 Å². The lowest BCUT2D eigenvalue weighted by molar-refractivity contribution is 0.0984. The molecule has 0 aliphatic heterocycles. The highest BCUT2D eigenvalue weighted by Crippen LogP contribution is 2.18. The van der Waals surface area contributed by atoms with Gasteiger partial charge in [-0.3, -0.25) is 4.79 Å². The standard InChI is InChI=1S/C19H14N2O3/c22-18(15-9-3-1-4-10-15)21(17-13-7-8-14-20-17)19(23)24-16-11-5-2-6-12-16/h1-14H. The first-order valence-electron chi connectivity index (χ1n) is 7.33. The van der Waals surface area contributed by atoms with E-state index in [9.17, 15) is 9.59 Å². The third-order valence-corrected chi connectivity index (χ3v) is 3.23. The van der Waals surface area contributed by atoms with Gasteiger partial charge >= 0.3 is 6.09 Å². The van der Waals surface area contributed by atoms with Crippen LogP contribution in [0.2, 0.25) is 0 Å². The van der Waals surface area contributed by atoms with Crippen LogP contribution in [0.15, 0.2) is 85.1 Å². The zero-order chi connectivity index (χ0) is 16.8. The van der Waals surface area contributed by atoms with Crippen molar-refractivity contribution >= 4 is 17.8 Å². The summed E-state index contributed by atoms with van der Waals surface area (Å²) >= 11 is 0. The second-order valence-electron chi connectivity index (χ2n) is 4.88. The van der Waals surface area contributed by atoms with Gasteiger partial charge in [-0.1, -0.05) is 42.5 Å². The van der Waals surface area contributed by atoms with E-state index in [1.807, 2.05) is 6.07 Å². The molecule has 0 unspecified atom stereocenters. The molecule has 0 saturated carbocycles. The summed E-state index contributed by atoms with van der Waals surface area (Å²) in [6.45, 7) is 0. The number of amides is 2. The number of nitrogens with zero attached hydrogens (tertiary/aromatic N) is 2. The molecule has 1 heterocycles. The van der Waals surface area contributed by atoms with Gasteiger partial charge < -0.3 is 4.74 Å². The number of aromatic nitrogens is 1. The Morgan fingerprint density at radius 1 is 0.792 bits per heavy atom. The molecule has 0 aliphatic carbocycles. The van der Waals surface area contributed by atoms with Gasteiger partial charge in [-0.25, -0.2) is 9.78 Å². The molecule has 0 radical (unpaired) electrons. The minimum absolute atomic E-state index is 0.201. The molecule has 0 atom stereocenters. The normalized spacial score (nSPS) is 10.0. The van der Waals surface area contributed by atoms with Crippen molar-refractivity contribution in [2.45, 2.75) is 0 Å². The number of hydrogen-bond donors (Lipinski definition) is 0. The average molecular weight is 318 g/mol. The molecule has 0 bridgehead atoms. The lowest BCUT2D eigenvalue weighted by Crippen LogP contribution is -2.39. The van der Waals surface area contributed by atoms with Crippen LogP contribution in [0.4, 0.5) is 10.6 Å². The molecule has 1 aromatic heterocycles. The number of carbonyl (C=O) groups is 2. The maximum atomic E-state index is 12.8. The van der Waals surface area contributed by atoms with E-state index in [4.69, 9.17) is 4.74 Å².